The molecule has 0 radical (unpaired) electrons. The van der Waals surface area contributed by atoms with Gasteiger partial charge in [0.15, 0.2) is 0 Å². The zero-order chi connectivity index (χ0) is 29.4. The Bertz CT molecular complexity index is 1450. The lowest BCUT2D eigenvalue weighted by Gasteiger charge is -2.35. The van der Waals surface area contributed by atoms with Crippen molar-refractivity contribution in [1.82, 2.24) is 10.2 Å². The third-order valence-corrected chi connectivity index (χ3v) is 8.95. The number of nitrogens with one attached hydrogen (secondary N) is 1. The van der Waals surface area contributed by atoms with Crippen molar-refractivity contribution in [2.45, 2.75) is 57.2 Å². The van der Waals surface area contributed by atoms with Crippen molar-refractivity contribution in [3.8, 4) is 0 Å². The Morgan fingerprint density at radius 1 is 0.902 bits per heavy atom. The number of carbonyl (C=O) groups is 2. The van der Waals surface area contributed by atoms with E-state index in [2.05, 4.69) is 5.32 Å². The molecule has 1 unspecified atom stereocenters. The maximum absolute atomic E-state index is 14.2. The minimum Gasteiger partial charge on any atom is -0.352 e. The summed E-state index contributed by atoms with van der Waals surface area (Å²) in [6, 6.07) is 22.2. The number of para-hydroxylation sites is 1. The standard InChI is InChI=1S/C31H35Cl2N3O4S/c1-41(39,40)36(28-18-9-8-17-27(28)33)22-30(37)35(21-24-13-10-14-25(32)19-24)29(20-23-11-4-2-5-12-23)31(38)34-26-15-6-3-7-16-26/h2,4-5,8-14,17-19,26,29H,3,6-7,15-16,20-22H2,1H3,(H,34,38). The highest BCUT2D eigenvalue weighted by Gasteiger charge is 2.34. The molecule has 41 heavy (non-hydrogen) atoms. The maximum atomic E-state index is 14.2. The molecule has 4 rings (SSSR count). The lowest BCUT2D eigenvalue weighted by atomic mass is 9.94. The van der Waals surface area contributed by atoms with E-state index >= 15 is 0 Å². The van der Waals surface area contributed by atoms with Gasteiger partial charge in [0.2, 0.25) is 21.8 Å². The molecule has 2 amide bonds. The fraction of sp³-hybridized carbons (Fsp3) is 0.355. The van der Waals surface area contributed by atoms with Gasteiger partial charge < -0.3 is 10.2 Å². The van der Waals surface area contributed by atoms with Crippen molar-refractivity contribution < 1.29 is 18.0 Å². The molecule has 7 nitrogen and oxygen atoms in total. The van der Waals surface area contributed by atoms with E-state index in [1.54, 1.807) is 42.5 Å². The highest BCUT2D eigenvalue weighted by Crippen LogP contribution is 2.28. The van der Waals surface area contributed by atoms with E-state index in [0.717, 1.165) is 53.8 Å². The predicted molar refractivity (Wildman–Crippen MR) is 165 cm³/mol. The molecule has 0 saturated heterocycles. The van der Waals surface area contributed by atoms with Gasteiger partial charge in [0, 0.05) is 24.0 Å². The lowest BCUT2D eigenvalue weighted by Crippen LogP contribution is -2.55. The Labute approximate surface area is 252 Å². The van der Waals surface area contributed by atoms with Crippen LogP contribution >= 0.6 is 23.2 Å². The SMILES string of the molecule is CS(=O)(=O)N(CC(=O)N(Cc1cccc(Cl)c1)C(Cc1ccccc1)C(=O)NC1CCCCC1)c1ccccc1Cl. The summed E-state index contributed by atoms with van der Waals surface area (Å²) >= 11 is 12.6. The monoisotopic (exact) mass is 615 g/mol. The topological polar surface area (TPSA) is 86.8 Å². The fourth-order valence-corrected chi connectivity index (χ4v) is 6.54. The maximum Gasteiger partial charge on any atom is 0.244 e. The Morgan fingerprint density at radius 2 is 1.56 bits per heavy atom. The van der Waals surface area contributed by atoms with Crippen LogP contribution in [-0.4, -0.2) is 50.0 Å². The second-order valence-corrected chi connectivity index (χ2v) is 13.2. The smallest absolute Gasteiger partial charge is 0.244 e. The first-order valence-corrected chi connectivity index (χ1v) is 16.3. The van der Waals surface area contributed by atoms with Crippen LogP contribution in [0.3, 0.4) is 0 Å². The number of amides is 2. The Kier molecular flexibility index (Phi) is 10.7. The number of anilines is 1. The van der Waals surface area contributed by atoms with Crippen molar-refractivity contribution in [2.75, 3.05) is 17.1 Å². The molecular formula is C31H35Cl2N3O4S. The first kappa shape index (κ1) is 30.9. The number of benzene rings is 3. The van der Waals surface area contributed by atoms with Crippen LogP contribution in [0.1, 0.15) is 43.2 Å². The van der Waals surface area contributed by atoms with Crippen molar-refractivity contribution in [1.29, 1.82) is 0 Å². The molecule has 218 valence electrons. The van der Waals surface area contributed by atoms with Crippen molar-refractivity contribution in [3.63, 3.8) is 0 Å². The van der Waals surface area contributed by atoms with Gasteiger partial charge >= 0.3 is 0 Å². The van der Waals surface area contributed by atoms with E-state index in [1.807, 2.05) is 36.4 Å². The van der Waals surface area contributed by atoms with E-state index < -0.39 is 28.5 Å². The lowest BCUT2D eigenvalue weighted by molar-refractivity contribution is -0.140. The summed E-state index contributed by atoms with van der Waals surface area (Å²) < 4.78 is 26.8. The molecule has 1 aliphatic carbocycles. The van der Waals surface area contributed by atoms with E-state index in [0.29, 0.717) is 5.02 Å². The Balaban J connectivity index is 1.73. The third kappa shape index (κ3) is 8.71. The van der Waals surface area contributed by atoms with Crippen LogP contribution in [0.25, 0.3) is 0 Å². The molecule has 0 bridgehead atoms. The molecule has 1 N–H and O–H groups in total. The molecule has 0 aliphatic heterocycles. The quantitative estimate of drug-likeness (QED) is 0.293. The van der Waals surface area contributed by atoms with Gasteiger partial charge in [-0.1, -0.05) is 97.1 Å². The Hall–Kier alpha value is -3.07. The van der Waals surface area contributed by atoms with Gasteiger partial charge in [0.05, 0.1) is 17.0 Å². The summed E-state index contributed by atoms with van der Waals surface area (Å²) in [6.45, 7) is -0.458. The first-order chi connectivity index (χ1) is 19.6. The zero-order valence-corrected chi connectivity index (χ0v) is 25.3. The molecule has 3 aromatic carbocycles. The van der Waals surface area contributed by atoms with Crippen molar-refractivity contribution in [3.05, 3.63) is 100 Å². The average molecular weight is 617 g/mol. The summed E-state index contributed by atoms with van der Waals surface area (Å²) in [5, 5.41) is 3.88. The molecule has 1 atom stereocenters. The van der Waals surface area contributed by atoms with Crippen LogP contribution in [-0.2, 0) is 32.6 Å². The minimum atomic E-state index is -3.90. The minimum absolute atomic E-state index is 0.0355. The van der Waals surface area contributed by atoms with Gasteiger partial charge in [0.25, 0.3) is 0 Å². The number of halogens is 2. The summed E-state index contributed by atoms with van der Waals surface area (Å²) in [5.41, 5.74) is 1.79. The van der Waals surface area contributed by atoms with Gasteiger partial charge in [0.1, 0.15) is 12.6 Å². The van der Waals surface area contributed by atoms with E-state index in [9.17, 15) is 18.0 Å². The molecule has 0 aromatic heterocycles. The van der Waals surface area contributed by atoms with Gasteiger partial charge in [-0.05, 0) is 48.2 Å². The van der Waals surface area contributed by atoms with Gasteiger partial charge in [-0.2, -0.15) is 0 Å². The van der Waals surface area contributed by atoms with Crippen LogP contribution in [0.4, 0.5) is 5.69 Å². The average Bonchev–Trinajstić information content (AvgIpc) is 2.94. The predicted octanol–water partition coefficient (Wildman–Crippen LogP) is 5.85. The van der Waals surface area contributed by atoms with Crippen LogP contribution in [0, 0.1) is 0 Å². The summed E-state index contributed by atoms with van der Waals surface area (Å²) in [7, 11) is -3.90. The zero-order valence-electron chi connectivity index (χ0n) is 23.0. The van der Waals surface area contributed by atoms with Gasteiger partial charge in [-0.15, -0.1) is 0 Å². The number of nitrogens with zero attached hydrogens (tertiary/aromatic N) is 2. The van der Waals surface area contributed by atoms with Gasteiger partial charge in [-0.3, -0.25) is 13.9 Å². The van der Waals surface area contributed by atoms with Crippen LogP contribution in [0.2, 0.25) is 10.0 Å². The summed E-state index contributed by atoms with van der Waals surface area (Å²) in [6.07, 6.45) is 6.30. The van der Waals surface area contributed by atoms with E-state index in [-0.39, 0.29) is 35.6 Å². The molecule has 1 saturated carbocycles. The van der Waals surface area contributed by atoms with Crippen molar-refractivity contribution >= 4 is 50.7 Å². The first-order valence-electron chi connectivity index (χ1n) is 13.7. The number of carbonyl (C=O) groups excluding carboxylic acids is 2. The molecular weight excluding hydrogens is 581 g/mol. The highest BCUT2D eigenvalue weighted by atomic mass is 35.5. The number of hydrogen-bond acceptors (Lipinski definition) is 4. The normalized spacial score (nSPS) is 14.7. The highest BCUT2D eigenvalue weighted by molar-refractivity contribution is 7.92. The summed E-state index contributed by atoms with van der Waals surface area (Å²) in [4.78, 5) is 29.6. The fourth-order valence-electron chi connectivity index (χ4n) is 5.18. The van der Waals surface area contributed by atoms with Crippen LogP contribution in [0.5, 0.6) is 0 Å². The van der Waals surface area contributed by atoms with E-state index in [1.165, 1.54) is 4.90 Å². The number of rotatable bonds is 11. The number of hydrogen-bond donors (Lipinski definition) is 1. The molecule has 0 spiro atoms. The molecule has 1 aliphatic rings. The van der Waals surface area contributed by atoms with Crippen LogP contribution < -0.4 is 9.62 Å². The molecule has 3 aromatic rings. The Morgan fingerprint density at radius 3 is 2.22 bits per heavy atom. The summed E-state index contributed by atoms with van der Waals surface area (Å²) in [5.74, 6) is -0.796. The third-order valence-electron chi connectivity index (χ3n) is 7.26. The largest absolute Gasteiger partial charge is 0.352 e. The molecule has 0 heterocycles. The van der Waals surface area contributed by atoms with E-state index in [4.69, 9.17) is 23.2 Å². The second kappa shape index (κ2) is 14.2. The van der Waals surface area contributed by atoms with Crippen molar-refractivity contribution in [2.24, 2.45) is 0 Å². The van der Waals surface area contributed by atoms with Crippen LogP contribution in [0.15, 0.2) is 78.9 Å². The molecule has 10 heteroatoms. The van der Waals surface area contributed by atoms with Gasteiger partial charge in [-0.25, -0.2) is 8.42 Å². The second-order valence-electron chi connectivity index (χ2n) is 10.4. The number of sulfonamides is 1. The molecule has 1 fully saturated rings.